The van der Waals surface area contributed by atoms with Gasteiger partial charge in [-0.1, -0.05) is 30.2 Å². The lowest BCUT2D eigenvalue weighted by molar-refractivity contribution is -0.148. The molecule has 2 rings (SSSR count). The molecule has 0 saturated carbocycles. The van der Waals surface area contributed by atoms with Gasteiger partial charge in [0.25, 0.3) is 11.8 Å². The first-order valence-corrected chi connectivity index (χ1v) is 9.66. The van der Waals surface area contributed by atoms with E-state index in [9.17, 15) is 19.5 Å². The van der Waals surface area contributed by atoms with E-state index < -0.39 is 23.3 Å². The molecule has 0 aliphatic rings. The van der Waals surface area contributed by atoms with Gasteiger partial charge in [0.2, 0.25) is 0 Å². The number of hydrogen-bond donors (Lipinski definition) is 2. The summed E-state index contributed by atoms with van der Waals surface area (Å²) in [7, 11) is 1.51. The highest BCUT2D eigenvalue weighted by Gasteiger charge is 2.40. The third-order valence-corrected chi connectivity index (χ3v) is 4.92. The molecule has 0 aromatic heterocycles. The number of rotatable bonds is 6. The second kappa shape index (κ2) is 8.98. The van der Waals surface area contributed by atoms with Gasteiger partial charge < -0.3 is 9.84 Å². The van der Waals surface area contributed by atoms with E-state index in [1.807, 2.05) is 26.8 Å². The fourth-order valence-corrected chi connectivity index (χ4v) is 3.26. The maximum Gasteiger partial charge on any atom is 0.331 e. The Bertz CT molecular complexity index is 961. The summed E-state index contributed by atoms with van der Waals surface area (Å²) in [6, 6.07) is 10.3. The molecule has 30 heavy (non-hydrogen) atoms. The average Bonchev–Trinajstić information content (AvgIpc) is 2.69. The quantitative estimate of drug-likeness (QED) is 0.708. The summed E-state index contributed by atoms with van der Waals surface area (Å²) in [5, 5.41) is 10.6. The zero-order valence-corrected chi connectivity index (χ0v) is 18.2. The number of amides is 2. The van der Waals surface area contributed by atoms with Crippen LogP contribution in [0.2, 0.25) is 0 Å². The highest BCUT2D eigenvalue weighted by atomic mass is 16.5. The summed E-state index contributed by atoms with van der Waals surface area (Å²) >= 11 is 0. The molecule has 0 aliphatic carbocycles. The summed E-state index contributed by atoms with van der Waals surface area (Å²) in [4.78, 5) is 38.3. The van der Waals surface area contributed by atoms with Crippen molar-refractivity contribution in [2.45, 2.75) is 46.6 Å². The molecule has 160 valence electrons. The van der Waals surface area contributed by atoms with E-state index in [1.165, 1.54) is 21.0 Å². The number of benzene rings is 2. The van der Waals surface area contributed by atoms with Crippen molar-refractivity contribution in [2.24, 2.45) is 0 Å². The average molecular weight is 412 g/mol. The van der Waals surface area contributed by atoms with Gasteiger partial charge in [-0.15, -0.1) is 0 Å². The molecule has 0 saturated heterocycles. The standard InChI is InChI=1S/C23H28N2O5/c1-7-17-18(9-8-10-19(17)30-6)20(26)24-25(23(4,5)22(28)29)21(27)16-12-14(2)11-15(3)13-16/h8-13H,7H2,1-6H3,(H,24,26)(H,28,29). The molecule has 2 N–H and O–H groups in total. The first kappa shape index (κ1) is 22.9. The molecule has 0 heterocycles. The molecule has 0 radical (unpaired) electrons. The molecule has 2 aromatic carbocycles. The van der Waals surface area contributed by atoms with E-state index in [-0.39, 0.29) is 0 Å². The molecule has 0 spiro atoms. The van der Waals surface area contributed by atoms with E-state index in [4.69, 9.17) is 4.74 Å². The van der Waals surface area contributed by atoms with Crippen LogP contribution in [0.15, 0.2) is 36.4 Å². The molecule has 0 unspecified atom stereocenters. The molecule has 0 atom stereocenters. The van der Waals surface area contributed by atoms with Gasteiger partial charge in [-0.05, 0) is 58.4 Å². The van der Waals surface area contributed by atoms with E-state index in [0.717, 1.165) is 16.1 Å². The lowest BCUT2D eigenvalue weighted by atomic mass is 10.0. The molecule has 7 heteroatoms. The highest BCUT2D eigenvalue weighted by Crippen LogP contribution is 2.24. The fourth-order valence-electron chi connectivity index (χ4n) is 3.26. The van der Waals surface area contributed by atoms with Crippen LogP contribution in [0.1, 0.15) is 58.2 Å². The highest BCUT2D eigenvalue weighted by molar-refractivity contribution is 6.02. The maximum atomic E-state index is 13.3. The molecule has 7 nitrogen and oxygen atoms in total. The van der Waals surface area contributed by atoms with Crippen molar-refractivity contribution in [2.75, 3.05) is 7.11 Å². The Labute approximate surface area is 176 Å². The van der Waals surface area contributed by atoms with Crippen LogP contribution in [-0.4, -0.2) is 40.5 Å². The fraction of sp³-hybridized carbons (Fsp3) is 0.348. The zero-order chi connectivity index (χ0) is 22.6. The van der Waals surface area contributed by atoms with Crippen molar-refractivity contribution < 1.29 is 24.2 Å². The second-order valence-electron chi connectivity index (χ2n) is 7.66. The number of aliphatic carboxylic acids is 1. The summed E-state index contributed by atoms with van der Waals surface area (Å²) in [6.07, 6.45) is 0.528. The van der Waals surface area contributed by atoms with Crippen LogP contribution in [0, 0.1) is 13.8 Å². The molecular weight excluding hydrogens is 384 g/mol. The van der Waals surface area contributed by atoms with Crippen molar-refractivity contribution in [3.8, 4) is 5.75 Å². The zero-order valence-electron chi connectivity index (χ0n) is 18.2. The molecule has 0 fully saturated rings. The number of nitrogens with one attached hydrogen (secondary N) is 1. The Balaban J connectivity index is 2.51. The van der Waals surface area contributed by atoms with Crippen LogP contribution in [-0.2, 0) is 11.2 Å². The largest absolute Gasteiger partial charge is 0.496 e. The third-order valence-electron chi connectivity index (χ3n) is 4.92. The summed E-state index contributed by atoms with van der Waals surface area (Å²) < 4.78 is 5.33. The molecule has 2 aromatic rings. The predicted octanol–water partition coefficient (Wildman–Crippen LogP) is 3.52. The number of carbonyl (C=O) groups excluding carboxylic acids is 2. The van der Waals surface area contributed by atoms with Gasteiger partial charge in [-0.2, -0.15) is 0 Å². The number of carboxylic acids is 1. The SMILES string of the molecule is CCc1c(OC)cccc1C(=O)NN(C(=O)c1cc(C)cc(C)c1)C(C)(C)C(=O)O. The predicted molar refractivity (Wildman–Crippen MR) is 114 cm³/mol. The van der Waals surface area contributed by atoms with Gasteiger partial charge in [0.05, 0.1) is 7.11 Å². The van der Waals surface area contributed by atoms with Crippen molar-refractivity contribution in [1.82, 2.24) is 10.4 Å². The number of ether oxygens (including phenoxy) is 1. The van der Waals surface area contributed by atoms with Gasteiger partial charge in [-0.3, -0.25) is 15.0 Å². The van der Waals surface area contributed by atoms with Gasteiger partial charge >= 0.3 is 5.97 Å². The number of carbonyl (C=O) groups is 3. The van der Waals surface area contributed by atoms with Crippen LogP contribution < -0.4 is 10.2 Å². The minimum atomic E-state index is -1.68. The Morgan fingerprint density at radius 3 is 2.20 bits per heavy atom. The minimum Gasteiger partial charge on any atom is -0.496 e. The van der Waals surface area contributed by atoms with Crippen LogP contribution >= 0.6 is 0 Å². The molecule has 2 amide bonds. The Hall–Kier alpha value is -3.35. The van der Waals surface area contributed by atoms with Crippen LogP contribution in [0.3, 0.4) is 0 Å². The van der Waals surface area contributed by atoms with Crippen LogP contribution in [0.25, 0.3) is 0 Å². The maximum absolute atomic E-state index is 13.3. The molecule has 0 bridgehead atoms. The third kappa shape index (κ3) is 4.62. The smallest absolute Gasteiger partial charge is 0.331 e. The first-order valence-electron chi connectivity index (χ1n) is 9.66. The number of aryl methyl sites for hydroxylation is 2. The normalized spacial score (nSPS) is 11.0. The molecular formula is C23H28N2O5. The summed E-state index contributed by atoms with van der Waals surface area (Å²) in [6.45, 7) is 8.30. The van der Waals surface area contributed by atoms with Gasteiger partial charge in [0, 0.05) is 16.7 Å². The number of carboxylic acid groups (broad SMARTS) is 1. The monoisotopic (exact) mass is 412 g/mol. The van der Waals surface area contributed by atoms with Gasteiger partial charge in [0.15, 0.2) is 5.54 Å². The minimum absolute atomic E-state index is 0.295. The number of hydrogen-bond acceptors (Lipinski definition) is 4. The number of hydrazine groups is 1. The van der Waals surface area contributed by atoms with Gasteiger partial charge in [-0.25, -0.2) is 9.80 Å². The van der Waals surface area contributed by atoms with Crippen LogP contribution in [0.4, 0.5) is 0 Å². The van der Waals surface area contributed by atoms with E-state index in [2.05, 4.69) is 5.43 Å². The van der Waals surface area contributed by atoms with Crippen molar-refractivity contribution in [1.29, 1.82) is 0 Å². The first-order chi connectivity index (χ1) is 14.0. The van der Waals surface area contributed by atoms with Crippen LogP contribution in [0.5, 0.6) is 5.75 Å². The lowest BCUT2D eigenvalue weighted by Crippen LogP contribution is -2.60. The summed E-state index contributed by atoms with van der Waals surface area (Å²) in [5.41, 5.74) is 3.84. The van der Waals surface area contributed by atoms with E-state index in [1.54, 1.807) is 30.3 Å². The van der Waals surface area contributed by atoms with E-state index >= 15 is 0 Å². The van der Waals surface area contributed by atoms with E-state index in [0.29, 0.717) is 28.9 Å². The number of nitrogens with zero attached hydrogens (tertiary/aromatic N) is 1. The van der Waals surface area contributed by atoms with Crippen molar-refractivity contribution >= 4 is 17.8 Å². The Morgan fingerprint density at radius 2 is 1.70 bits per heavy atom. The Morgan fingerprint density at radius 1 is 1.10 bits per heavy atom. The molecule has 0 aliphatic heterocycles. The van der Waals surface area contributed by atoms with Crippen molar-refractivity contribution in [3.05, 3.63) is 64.2 Å². The Kier molecular flexibility index (Phi) is 6.87. The number of methoxy groups -OCH3 is 1. The van der Waals surface area contributed by atoms with Crippen molar-refractivity contribution in [3.63, 3.8) is 0 Å². The second-order valence-corrected chi connectivity index (χ2v) is 7.66. The topological polar surface area (TPSA) is 95.9 Å². The lowest BCUT2D eigenvalue weighted by Gasteiger charge is -2.35. The summed E-state index contributed by atoms with van der Waals surface area (Å²) in [5.74, 6) is -1.89. The van der Waals surface area contributed by atoms with Gasteiger partial charge in [0.1, 0.15) is 5.75 Å².